The fourth-order valence-corrected chi connectivity index (χ4v) is 2.10. The molecule has 2 rings (SSSR count). The lowest BCUT2D eigenvalue weighted by Gasteiger charge is -2.06. The molecule has 0 bridgehead atoms. The SMILES string of the molecule is COC(=O)c1ccc(/C=C/C(=O)Nc2cc(Cl)ccc2C)cc1. The summed E-state index contributed by atoms with van der Waals surface area (Å²) in [5.41, 5.74) is 2.87. The molecule has 1 N–H and O–H groups in total. The minimum Gasteiger partial charge on any atom is -0.465 e. The lowest BCUT2D eigenvalue weighted by molar-refractivity contribution is -0.111. The zero-order valence-electron chi connectivity index (χ0n) is 12.8. The highest BCUT2D eigenvalue weighted by molar-refractivity contribution is 6.31. The first-order valence-electron chi connectivity index (χ1n) is 6.93. The molecule has 5 heteroatoms. The summed E-state index contributed by atoms with van der Waals surface area (Å²) in [7, 11) is 1.33. The number of benzene rings is 2. The van der Waals surface area contributed by atoms with Crippen LogP contribution in [-0.4, -0.2) is 19.0 Å². The van der Waals surface area contributed by atoms with Crippen LogP contribution in [0, 0.1) is 6.92 Å². The number of methoxy groups -OCH3 is 1. The third-order valence-corrected chi connectivity index (χ3v) is 3.45. The van der Waals surface area contributed by atoms with Gasteiger partial charge in [0, 0.05) is 16.8 Å². The van der Waals surface area contributed by atoms with Crippen LogP contribution in [0.3, 0.4) is 0 Å². The first-order valence-corrected chi connectivity index (χ1v) is 7.31. The van der Waals surface area contributed by atoms with Crippen molar-refractivity contribution in [2.24, 2.45) is 0 Å². The summed E-state index contributed by atoms with van der Waals surface area (Å²) in [5, 5.41) is 3.34. The van der Waals surface area contributed by atoms with E-state index in [0.717, 1.165) is 11.1 Å². The molecule has 0 fully saturated rings. The number of aryl methyl sites for hydroxylation is 1. The molecule has 4 nitrogen and oxygen atoms in total. The van der Waals surface area contributed by atoms with Gasteiger partial charge in [-0.05, 0) is 48.4 Å². The second-order valence-corrected chi connectivity index (χ2v) is 5.33. The zero-order valence-corrected chi connectivity index (χ0v) is 13.6. The summed E-state index contributed by atoms with van der Waals surface area (Å²) in [4.78, 5) is 23.3. The van der Waals surface area contributed by atoms with Crippen LogP contribution in [0.2, 0.25) is 5.02 Å². The van der Waals surface area contributed by atoms with Crippen LogP contribution in [0.15, 0.2) is 48.5 Å². The number of hydrogen-bond donors (Lipinski definition) is 1. The van der Waals surface area contributed by atoms with E-state index in [1.54, 1.807) is 42.5 Å². The van der Waals surface area contributed by atoms with Crippen LogP contribution < -0.4 is 5.32 Å². The summed E-state index contributed by atoms with van der Waals surface area (Å²) < 4.78 is 4.63. The van der Waals surface area contributed by atoms with Crippen molar-refractivity contribution in [2.75, 3.05) is 12.4 Å². The number of hydrogen-bond acceptors (Lipinski definition) is 3. The smallest absolute Gasteiger partial charge is 0.337 e. The average Bonchev–Trinajstić information content (AvgIpc) is 2.56. The quantitative estimate of drug-likeness (QED) is 0.679. The zero-order chi connectivity index (χ0) is 16.8. The van der Waals surface area contributed by atoms with Gasteiger partial charge in [-0.1, -0.05) is 29.8 Å². The topological polar surface area (TPSA) is 55.4 Å². The van der Waals surface area contributed by atoms with Crippen LogP contribution in [0.25, 0.3) is 6.08 Å². The number of carbonyl (C=O) groups is 2. The molecule has 2 aromatic rings. The number of carbonyl (C=O) groups excluding carboxylic acids is 2. The number of rotatable bonds is 4. The second kappa shape index (κ2) is 7.61. The summed E-state index contributed by atoms with van der Waals surface area (Å²) in [6, 6.07) is 12.1. The van der Waals surface area contributed by atoms with Crippen molar-refractivity contribution in [2.45, 2.75) is 6.92 Å². The van der Waals surface area contributed by atoms with E-state index in [4.69, 9.17) is 11.6 Å². The van der Waals surface area contributed by atoms with E-state index in [0.29, 0.717) is 16.3 Å². The number of esters is 1. The van der Waals surface area contributed by atoms with E-state index in [9.17, 15) is 9.59 Å². The molecule has 0 heterocycles. The molecule has 23 heavy (non-hydrogen) atoms. The normalized spacial score (nSPS) is 10.6. The highest BCUT2D eigenvalue weighted by atomic mass is 35.5. The Hall–Kier alpha value is -2.59. The third kappa shape index (κ3) is 4.69. The number of amides is 1. The van der Waals surface area contributed by atoms with Crippen molar-refractivity contribution in [3.05, 3.63) is 70.3 Å². The Morgan fingerprint density at radius 1 is 1.13 bits per heavy atom. The maximum absolute atomic E-state index is 12.0. The Labute approximate surface area is 139 Å². The van der Waals surface area contributed by atoms with Gasteiger partial charge in [-0.25, -0.2) is 4.79 Å². The predicted molar refractivity (Wildman–Crippen MR) is 91.6 cm³/mol. The van der Waals surface area contributed by atoms with Crippen LogP contribution >= 0.6 is 11.6 Å². The molecule has 0 aliphatic carbocycles. The van der Waals surface area contributed by atoms with E-state index in [1.165, 1.54) is 13.2 Å². The Morgan fingerprint density at radius 2 is 1.83 bits per heavy atom. The molecule has 0 aromatic heterocycles. The molecule has 0 aliphatic heterocycles. The maximum atomic E-state index is 12.0. The van der Waals surface area contributed by atoms with E-state index in [1.807, 2.05) is 13.0 Å². The molecule has 0 radical (unpaired) electrons. The highest BCUT2D eigenvalue weighted by Crippen LogP contribution is 2.20. The standard InChI is InChI=1S/C18H16ClNO3/c1-12-3-9-15(19)11-16(12)20-17(21)10-6-13-4-7-14(8-5-13)18(22)23-2/h3-11H,1-2H3,(H,20,21)/b10-6+. The number of ether oxygens (including phenoxy) is 1. The van der Waals surface area contributed by atoms with Crippen LogP contribution in [0.4, 0.5) is 5.69 Å². The third-order valence-electron chi connectivity index (χ3n) is 3.22. The Bertz CT molecular complexity index is 751. The van der Waals surface area contributed by atoms with E-state index in [-0.39, 0.29) is 5.91 Å². The fraction of sp³-hybridized carbons (Fsp3) is 0.111. The monoisotopic (exact) mass is 329 g/mol. The minimum absolute atomic E-state index is 0.257. The Balaban J connectivity index is 2.03. The van der Waals surface area contributed by atoms with Crippen molar-refractivity contribution >= 4 is 35.2 Å². The molecule has 0 saturated carbocycles. The highest BCUT2D eigenvalue weighted by Gasteiger charge is 2.04. The molecule has 1 amide bonds. The Kier molecular flexibility index (Phi) is 5.55. The van der Waals surface area contributed by atoms with Gasteiger partial charge in [-0.15, -0.1) is 0 Å². The molecule has 0 spiro atoms. The summed E-state index contributed by atoms with van der Waals surface area (Å²) in [5.74, 6) is -0.651. The average molecular weight is 330 g/mol. The van der Waals surface area contributed by atoms with Gasteiger partial charge in [0.25, 0.3) is 0 Å². The Morgan fingerprint density at radius 3 is 2.48 bits per heavy atom. The van der Waals surface area contributed by atoms with Crippen LogP contribution in [-0.2, 0) is 9.53 Å². The van der Waals surface area contributed by atoms with Crippen molar-refractivity contribution < 1.29 is 14.3 Å². The second-order valence-electron chi connectivity index (χ2n) is 4.90. The molecule has 118 valence electrons. The summed E-state index contributed by atoms with van der Waals surface area (Å²) in [6.07, 6.45) is 3.09. The maximum Gasteiger partial charge on any atom is 0.337 e. The van der Waals surface area contributed by atoms with E-state index >= 15 is 0 Å². The van der Waals surface area contributed by atoms with Gasteiger partial charge in [0.05, 0.1) is 12.7 Å². The number of nitrogens with one attached hydrogen (secondary N) is 1. The van der Waals surface area contributed by atoms with Crippen LogP contribution in [0.1, 0.15) is 21.5 Å². The van der Waals surface area contributed by atoms with Crippen molar-refractivity contribution in [1.82, 2.24) is 0 Å². The largest absolute Gasteiger partial charge is 0.465 e. The lowest BCUT2D eigenvalue weighted by Crippen LogP contribution is -2.08. The minimum atomic E-state index is -0.394. The van der Waals surface area contributed by atoms with Crippen molar-refractivity contribution in [3.63, 3.8) is 0 Å². The lowest BCUT2D eigenvalue weighted by atomic mass is 10.1. The van der Waals surface area contributed by atoms with Gasteiger partial charge in [0.1, 0.15) is 0 Å². The van der Waals surface area contributed by atoms with Gasteiger partial charge in [0.15, 0.2) is 0 Å². The molecule has 2 aromatic carbocycles. The first kappa shape index (κ1) is 16.8. The van der Waals surface area contributed by atoms with Crippen molar-refractivity contribution in [1.29, 1.82) is 0 Å². The van der Waals surface area contributed by atoms with Crippen LogP contribution in [0.5, 0.6) is 0 Å². The predicted octanol–water partition coefficient (Wildman–Crippen LogP) is 4.09. The van der Waals surface area contributed by atoms with E-state index < -0.39 is 5.97 Å². The van der Waals surface area contributed by atoms with Gasteiger partial charge in [0.2, 0.25) is 5.91 Å². The van der Waals surface area contributed by atoms with Gasteiger partial charge < -0.3 is 10.1 Å². The summed E-state index contributed by atoms with van der Waals surface area (Å²) in [6.45, 7) is 1.89. The number of halogens is 1. The first-order chi connectivity index (χ1) is 11.0. The molecule has 0 aliphatic rings. The van der Waals surface area contributed by atoms with Gasteiger partial charge in [-0.3, -0.25) is 4.79 Å². The molecule has 0 saturated heterocycles. The van der Waals surface area contributed by atoms with Gasteiger partial charge >= 0.3 is 5.97 Å². The van der Waals surface area contributed by atoms with Gasteiger partial charge in [-0.2, -0.15) is 0 Å². The molecule has 0 unspecified atom stereocenters. The summed E-state index contributed by atoms with van der Waals surface area (Å²) >= 11 is 5.92. The molecule has 0 atom stereocenters. The van der Waals surface area contributed by atoms with Crippen molar-refractivity contribution in [3.8, 4) is 0 Å². The fourth-order valence-electron chi connectivity index (χ4n) is 1.92. The number of anilines is 1. The molecular weight excluding hydrogens is 314 g/mol. The molecular formula is C18H16ClNO3. The van der Waals surface area contributed by atoms with E-state index in [2.05, 4.69) is 10.1 Å².